The highest BCUT2D eigenvalue weighted by atomic mass is 32.1. The third-order valence-electron chi connectivity index (χ3n) is 2.56. The van der Waals surface area contributed by atoms with Crippen LogP contribution in [0.2, 0.25) is 0 Å². The van der Waals surface area contributed by atoms with Gasteiger partial charge in [0, 0.05) is 31.6 Å². The van der Waals surface area contributed by atoms with Crippen LogP contribution in [0, 0.1) is 6.92 Å². The normalized spacial score (nSPS) is 10.6. The number of ether oxygens (including phenoxy) is 1. The highest BCUT2D eigenvalue weighted by Crippen LogP contribution is 2.13. The second-order valence-electron chi connectivity index (χ2n) is 4.10. The zero-order valence-corrected chi connectivity index (χ0v) is 11.5. The lowest BCUT2D eigenvalue weighted by molar-refractivity contribution is 0.201. The zero-order chi connectivity index (χ0) is 12.8. The number of anilines is 1. The smallest absolute Gasteiger partial charge is 0.202 e. The number of benzene rings is 1. The lowest BCUT2D eigenvalue weighted by Gasteiger charge is -2.02. The Labute approximate surface area is 111 Å². The number of nitrogens with zero attached hydrogens (tertiary/aromatic N) is 2. The molecule has 18 heavy (non-hydrogen) atoms. The number of nitrogens with one attached hydrogen (secondary N) is 1. The van der Waals surface area contributed by atoms with Crippen molar-refractivity contribution in [3.63, 3.8) is 0 Å². The van der Waals surface area contributed by atoms with Crippen LogP contribution in [0.4, 0.5) is 5.13 Å². The Balaban J connectivity index is 1.86. The lowest BCUT2D eigenvalue weighted by atomic mass is 10.1. The van der Waals surface area contributed by atoms with Gasteiger partial charge in [-0.25, -0.2) is 4.98 Å². The van der Waals surface area contributed by atoms with Gasteiger partial charge >= 0.3 is 0 Å². The van der Waals surface area contributed by atoms with Crippen molar-refractivity contribution in [2.45, 2.75) is 19.9 Å². The van der Waals surface area contributed by atoms with E-state index in [0.29, 0.717) is 6.61 Å². The monoisotopic (exact) mass is 263 g/mol. The van der Waals surface area contributed by atoms with Crippen LogP contribution in [0.5, 0.6) is 0 Å². The molecule has 2 aromatic rings. The molecule has 0 fully saturated rings. The first kappa shape index (κ1) is 13.0. The van der Waals surface area contributed by atoms with Crippen molar-refractivity contribution in [3.05, 3.63) is 41.2 Å². The van der Waals surface area contributed by atoms with E-state index in [-0.39, 0.29) is 0 Å². The van der Waals surface area contributed by atoms with Gasteiger partial charge in [-0.2, -0.15) is 4.37 Å². The third kappa shape index (κ3) is 3.78. The van der Waals surface area contributed by atoms with E-state index < -0.39 is 0 Å². The number of rotatable bonds is 6. The summed E-state index contributed by atoms with van der Waals surface area (Å²) >= 11 is 1.39. The van der Waals surface area contributed by atoms with Crippen LogP contribution < -0.4 is 5.32 Å². The van der Waals surface area contributed by atoms with Gasteiger partial charge in [0.2, 0.25) is 5.13 Å². The van der Waals surface area contributed by atoms with E-state index in [1.165, 1.54) is 22.7 Å². The summed E-state index contributed by atoms with van der Waals surface area (Å²) in [7, 11) is 1.68. The molecule has 96 valence electrons. The van der Waals surface area contributed by atoms with E-state index in [2.05, 4.69) is 45.9 Å². The molecule has 1 heterocycles. The molecule has 0 saturated heterocycles. The van der Waals surface area contributed by atoms with Gasteiger partial charge in [-0.15, -0.1) is 0 Å². The number of aryl methyl sites for hydroxylation is 1. The maximum Gasteiger partial charge on any atom is 0.202 e. The van der Waals surface area contributed by atoms with Crippen molar-refractivity contribution < 1.29 is 4.74 Å². The van der Waals surface area contributed by atoms with E-state index in [0.717, 1.165) is 23.9 Å². The Hall–Kier alpha value is -1.46. The highest BCUT2D eigenvalue weighted by molar-refractivity contribution is 7.09. The van der Waals surface area contributed by atoms with Crippen molar-refractivity contribution in [3.8, 4) is 0 Å². The molecule has 0 aliphatic heterocycles. The molecule has 0 atom stereocenters. The molecule has 0 spiro atoms. The first-order chi connectivity index (χ1) is 8.78. The van der Waals surface area contributed by atoms with E-state index in [4.69, 9.17) is 4.74 Å². The molecule has 0 aliphatic carbocycles. The fraction of sp³-hybridized carbons (Fsp3) is 0.385. The minimum Gasteiger partial charge on any atom is -0.384 e. The fourth-order valence-corrected chi connectivity index (χ4v) is 2.11. The summed E-state index contributed by atoms with van der Waals surface area (Å²) in [5.74, 6) is 0.841. The Morgan fingerprint density at radius 3 is 2.78 bits per heavy atom. The Bertz CT molecular complexity index is 481. The van der Waals surface area contributed by atoms with Crippen molar-refractivity contribution in [2.75, 3.05) is 19.0 Å². The van der Waals surface area contributed by atoms with Gasteiger partial charge in [-0.1, -0.05) is 29.8 Å². The van der Waals surface area contributed by atoms with Crippen LogP contribution in [-0.4, -0.2) is 23.1 Å². The van der Waals surface area contributed by atoms with Crippen LogP contribution in [0.25, 0.3) is 0 Å². The molecule has 1 N–H and O–H groups in total. The summed E-state index contributed by atoms with van der Waals surface area (Å²) in [4.78, 5) is 4.40. The van der Waals surface area contributed by atoms with E-state index in [1.807, 2.05) is 0 Å². The second kappa shape index (κ2) is 6.47. The van der Waals surface area contributed by atoms with Crippen LogP contribution >= 0.6 is 11.5 Å². The largest absolute Gasteiger partial charge is 0.384 e. The maximum absolute atomic E-state index is 5.00. The summed E-state index contributed by atoms with van der Waals surface area (Å²) in [6.45, 7) is 3.53. The molecular formula is C13H17N3OS. The molecule has 2 rings (SSSR count). The van der Waals surface area contributed by atoms with Gasteiger partial charge in [0.25, 0.3) is 0 Å². The van der Waals surface area contributed by atoms with E-state index in [9.17, 15) is 0 Å². The lowest BCUT2D eigenvalue weighted by Crippen LogP contribution is -2.00. The van der Waals surface area contributed by atoms with Gasteiger partial charge in [-0.05, 0) is 12.5 Å². The molecule has 4 nitrogen and oxygen atoms in total. The molecule has 0 radical (unpaired) electrons. The minimum atomic E-state index is 0.661. The van der Waals surface area contributed by atoms with Gasteiger partial charge in [-0.3, -0.25) is 0 Å². The Morgan fingerprint density at radius 1 is 1.28 bits per heavy atom. The number of methoxy groups -OCH3 is 1. The maximum atomic E-state index is 5.00. The standard InChI is InChI=1S/C13H17N3OS/c1-10-3-5-11(6-4-10)9-14-13-15-12(16-18-13)7-8-17-2/h3-6H,7-9H2,1-2H3,(H,14,15,16). The fourth-order valence-electron chi connectivity index (χ4n) is 1.50. The van der Waals surface area contributed by atoms with Crippen LogP contribution in [0.15, 0.2) is 24.3 Å². The third-order valence-corrected chi connectivity index (χ3v) is 3.27. The molecule has 0 amide bonds. The summed E-state index contributed by atoms with van der Waals surface area (Å²) in [6, 6.07) is 8.46. The van der Waals surface area contributed by atoms with Crippen molar-refractivity contribution >= 4 is 16.7 Å². The number of aromatic nitrogens is 2. The molecule has 1 aromatic heterocycles. The van der Waals surface area contributed by atoms with Gasteiger partial charge in [0.1, 0.15) is 5.82 Å². The topological polar surface area (TPSA) is 47.0 Å². The Morgan fingerprint density at radius 2 is 2.06 bits per heavy atom. The molecule has 5 heteroatoms. The zero-order valence-electron chi connectivity index (χ0n) is 10.6. The molecule has 1 aromatic carbocycles. The Kier molecular flexibility index (Phi) is 4.66. The number of hydrogen-bond donors (Lipinski definition) is 1. The predicted octanol–water partition coefficient (Wildman–Crippen LogP) is 2.65. The summed E-state index contributed by atoms with van der Waals surface area (Å²) in [6.07, 6.45) is 0.763. The van der Waals surface area contributed by atoms with Crippen LogP contribution in [0.1, 0.15) is 17.0 Å². The quantitative estimate of drug-likeness (QED) is 0.870. The average molecular weight is 263 g/mol. The molecule has 0 saturated carbocycles. The first-order valence-electron chi connectivity index (χ1n) is 5.89. The summed E-state index contributed by atoms with van der Waals surface area (Å²) < 4.78 is 9.27. The molecular weight excluding hydrogens is 246 g/mol. The summed E-state index contributed by atoms with van der Waals surface area (Å²) in [5, 5.41) is 4.14. The van der Waals surface area contributed by atoms with Crippen LogP contribution in [-0.2, 0) is 17.7 Å². The number of hydrogen-bond acceptors (Lipinski definition) is 5. The first-order valence-corrected chi connectivity index (χ1v) is 6.66. The predicted molar refractivity (Wildman–Crippen MR) is 74.0 cm³/mol. The van der Waals surface area contributed by atoms with Gasteiger partial charge in [0.05, 0.1) is 6.61 Å². The van der Waals surface area contributed by atoms with E-state index >= 15 is 0 Å². The average Bonchev–Trinajstić information content (AvgIpc) is 2.84. The van der Waals surface area contributed by atoms with Gasteiger partial charge in [0.15, 0.2) is 0 Å². The molecule has 0 aliphatic rings. The second-order valence-corrected chi connectivity index (χ2v) is 4.85. The molecule has 0 unspecified atom stereocenters. The van der Waals surface area contributed by atoms with Crippen molar-refractivity contribution in [1.29, 1.82) is 0 Å². The van der Waals surface area contributed by atoms with E-state index in [1.54, 1.807) is 7.11 Å². The molecule has 0 bridgehead atoms. The van der Waals surface area contributed by atoms with Crippen molar-refractivity contribution in [2.24, 2.45) is 0 Å². The van der Waals surface area contributed by atoms with Crippen molar-refractivity contribution in [1.82, 2.24) is 9.36 Å². The summed E-state index contributed by atoms with van der Waals surface area (Å²) in [5.41, 5.74) is 2.52. The van der Waals surface area contributed by atoms with Crippen LogP contribution in [0.3, 0.4) is 0 Å². The van der Waals surface area contributed by atoms with Gasteiger partial charge < -0.3 is 10.1 Å². The minimum absolute atomic E-state index is 0.661. The SMILES string of the molecule is COCCc1nsc(NCc2ccc(C)cc2)n1. The highest BCUT2D eigenvalue weighted by Gasteiger charge is 2.03.